The van der Waals surface area contributed by atoms with E-state index >= 15 is 0 Å². The summed E-state index contributed by atoms with van der Waals surface area (Å²) in [5.41, 5.74) is 1.44. The molecule has 2 aromatic carbocycles. The maximum Gasteiger partial charge on any atom is 0.235 e. The molecule has 1 saturated heterocycles. The third-order valence-corrected chi connectivity index (χ3v) is 7.26. The van der Waals surface area contributed by atoms with Gasteiger partial charge in [-0.15, -0.1) is 6.42 Å². The zero-order chi connectivity index (χ0) is 20.2. The summed E-state index contributed by atoms with van der Waals surface area (Å²) < 4.78 is 26.0. The van der Waals surface area contributed by atoms with Gasteiger partial charge in [0, 0.05) is 24.3 Å². The second-order valence-electron chi connectivity index (χ2n) is 6.93. The lowest BCUT2D eigenvalue weighted by atomic mass is 9.72. The van der Waals surface area contributed by atoms with E-state index in [1.165, 1.54) is 4.31 Å². The van der Waals surface area contributed by atoms with E-state index in [-0.39, 0.29) is 11.7 Å². The standard InChI is InChI=1S/C22H24N2O3S/c1-3-18-9-8-12-20(17-18)23-21(25)22(19-10-6-5-7-11-19)13-15-24(16-14-22)28(26,27)4-2/h1,5-12,17H,4,13-16H2,2H3,(H,23,25). The average Bonchev–Trinajstić information content (AvgIpc) is 2.74. The quantitative estimate of drug-likeness (QED) is 0.790. The van der Waals surface area contributed by atoms with Crippen molar-refractivity contribution in [3.05, 3.63) is 65.7 Å². The topological polar surface area (TPSA) is 66.5 Å². The number of hydrogen-bond acceptors (Lipinski definition) is 3. The molecule has 0 unspecified atom stereocenters. The fourth-order valence-electron chi connectivity index (χ4n) is 3.67. The molecule has 1 aliphatic rings. The van der Waals surface area contributed by atoms with Gasteiger partial charge in [0.25, 0.3) is 0 Å². The number of amides is 1. The lowest BCUT2D eigenvalue weighted by Gasteiger charge is -2.40. The van der Waals surface area contributed by atoms with E-state index in [1.807, 2.05) is 30.3 Å². The Morgan fingerprint density at radius 3 is 2.43 bits per heavy atom. The fourth-order valence-corrected chi connectivity index (χ4v) is 4.77. The number of benzene rings is 2. The number of piperidine rings is 1. The van der Waals surface area contributed by atoms with Crippen molar-refractivity contribution in [3.63, 3.8) is 0 Å². The molecule has 5 nitrogen and oxygen atoms in total. The second kappa shape index (κ2) is 8.17. The van der Waals surface area contributed by atoms with Crippen molar-refractivity contribution in [2.75, 3.05) is 24.2 Å². The number of rotatable bonds is 5. The van der Waals surface area contributed by atoms with Crippen LogP contribution in [0.2, 0.25) is 0 Å². The summed E-state index contributed by atoms with van der Waals surface area (Å²) in [6, 6.07) is 16.7. The molecule has 28 heavy (non-hydrogen) atoms. The molecule has 0 saturated carbocycles. The van der Waals surface area contributed by atoms with E-state index in [0.29, 0.717) is 37.2 Å². The van der Waals surface area contributed by atoms with Crippen molar-refractivity contribution in [2.24, 2.45) is 0 Å². The summed E-state index contributed by atoms with van der Waals surface area (Å²) in [4.78, 5) is 13.4. The van der Waals surface area contributed by atoms with Crippen molar-refractivity contribution in [2.45, 2.75) is 25.2 Å². The number of hydrogen-bond donors (Lipinski definition) is 1. The van der Waals surface area contributed by atoms with Crippen molar-refractivity contribution < 1.29 is 13.2 Å². The van der Waals surface area contributed by atoms with Crippen molar-refractivity contribution in [1.82, 2.24) is 4.31 Å². The van der Waals surface area contributed by atoms with Crippen LogP contribution in [0.4, 0.5) is 5.69 Å². The van der Waals surface area contributed by atoms with Crippen LogP contribution in [0.3, 0.4) is 0 Å². The Kier molecular flexibility index (Phi) is 5.87. The number of terminal acetylenes is 1. The van der Waals surface area contributed by atoms with E-state index < -0.39 is 15.4 Å². The number of anilines is 1. The predicted molar refractivity (Wildman–Crippen MR) is 111 cm³/mol. The molecular formula is C22H24N2O3S. The second-order valence-corrected chi connectivity index (χ2v) is 9.18. The van der Waals surface area contributed by atoms with Crippen LogP contribution in [0, 0.1) is 12.3 Å². The number of nitrogens with one attached hydrogen (secondary N) is 1. The molecule has 146 valence electrons. The molecule has 0 spiro atoms. The zero-order valence-corrected chi connectivity index (χ0v) is 16.7. The van der Waals surface area contributed by atoms with E-state index in [0.717, 1.165) is 5.56 Å². The van der Waals surface area contributed by atoms with Gasteiger partial charge in [-0.05, 0) is 43.5 Å². The molecule has 6 heteroatoms. The zero-order valence-electron chi connectivity index (χ0n) is 15.9. The van der Waals surface area contributed by atoms with Crippen LogP contribution in [0.5, 0.6) is 0 Å². The van der Waals surface area contributed by atoms with Crippen molar-refractivity contribution in [3.8, 4) is 12.3 Å². The summed E-state index contributed by atoms with van der Waals surface area (Å²) in [7, 11) is -3.27. The first-order valence-electron chi connectivity index (χ1n) is 9.33. The van der Waals surface area contributed by atoms with Gasteiger partial charge in [-0.2, -0.15) is 0 Å². The summed E-state index contributed by atoms with van der Waals surface area (Å²) in [5, 5.41) is 2.99. The van der Waals surface area contributed by atoms with Gasteiger partial charge in [0.05, 0.1) is 11.2 Å². The maximum atomic E-state index is 13.4. The molecule has 1 aliphatic heterocycles. The predicted octanol–water partition coefficient (Wildman–Crippen LogP) is 2.99. The van der Waals surface area contributed by atoms with Gasteiger partial charge in [-0.1, -0.05) is 42.3 Å². The summed E-state index contributed by atoms with van der Waals surface area (Å²) in [6.45, 7) is 2.28. The van der Waals surface area contributed by atoms with Crippen molar-refractivity contribution >= 4 is 21.6 Å². The van der Waals surface area contributed by atoms with Gasteiger partial charge in [-0.25, -0.2) is 12.7 Å². The Labute approximate surface area is 166 Å². The minimum Gasteiger partial charge on any atom is -0.325 e. The average molecular weight is 397 g/mol. The first kappa shape index (κ1) is 20.1. The van der Waals surface area contributed by atoms with Crippen LogP contribution in [0.15, 0.2) is 54.6 Å². The highest BCUT2D eigenvalue weighted by Gasteiger charge is 2.44. The van der Waals surface area contributed by atoms with Crippen LogP contribution in [-0.2, 0) is 20.2 Å². The molecule has 1 amide bonds. The molecule has 0 atom stereocenters. The van der Waals surface area contributed by atoms with E-state index in [4.69, 9.17) is 6.42 Å². The molecule has 3 rings (SSSR count). The van der Waals surface area contributed by atoms with Crippen LogP contribution in [0.25, 0.3) is 0 Å². The maximum absolute atomic E-state index is 13.4. The monoisotopic (exact) mass is 396 g/mol. The van der Waals surface area contributed by atoms with Crippen LogP contribution in [-0.4, -0.2) is 37.5 Å². The highest BCUT2D eigenvalue weighted by atomic mass is 32.2. The smallest absolute Gasteiger partial charge is 0.235 e. The Hall–Kier alpha value is -2.62. The lowest BCUT2D eigenvalue weighted by Crippen LogP contribution is -2.51. The first-order valence-corrected chi connectivity index (χ1v) is 10.9. The van der Waals surface area contributed by atoms with Gasteiger partial charge in [0.1, 0.15) is 0 Å². The molecular weight excluding hydrogens is 372 g/mol. The van der Waals surface area contributed by atoms with Gasteiger partial charge < -0.3 is 5.32 Å². The Morgan fingerprint density at radius 1 is 1.14 bits per heavy atom. The summed E-state index contributed by atoms with van der Waals surface area (Å²) in [5.74, 6) is 2.49. The molecule has 0 radical (unpaired) electrons. The first-order chi connectivity index (χ1) is 13.4. The van der Waals surface area contributed by atoms with Gasteiger partial charge in [-0.3, -0.25) is 4.79 Å². The van der Waals surface area contributed by atoms with Gasteiger partial charge in [0.15, 0.2) is 0 Å². The normalized spacial score (nSPS) is 16.9. The van der Waals surface area contributed by atoms with Crippen LogP contribution < -0.4 is 5.32 Å². The third kappa shape index (κ3) is 3.96. The minimum absolute atomic E-state index is 0.0659. The number of nitrogens with zero attached hydrogens (tertiary/aromatic N) is 1. The summed E-state index contributed by atoms with van der Waals surface area (Å²) in [6.07, 6.45) is 6.31. The lowest BCUT2D eigenvalue weighted by molar-refractivity contribution is -0.123. The van der Waals surface area contributed by atoms with Gasteiger partial charge in [0.2, 0.25) is 15.9 Å². The molecule has 0 aromatic heterocycles. The Balaban J connectivity index is 1.90. The summed E-state index contributed by atoms with van der Waals surface area (Å²) >= 11 is 0. The fraction of sp³-hybridized carbons (Fsp3) is 0.318. The third-order valence-electron chi connectivity index (χ3n) is 5.38. The molecule has 0 aliphatic carbocycles. The SMILES string of the molecule is C#Cc1cccc(NC(=O)C2(c3ccccc3)CCN(S(=O)(=O)CC)CC2)c1. The highest BCUT2D eigenvalue weighted by Crippen LogP contribution is 2.37. The number of carbonyl (C=O) groups is 1. The Morgan fingerprint density at radius 2 is 1.82 bits per heavy atom. The van der Waals surface area contributed by atoms with Crippen molar-refractivity contribution in [1.29, 1.82) is 0 Å². The van der Waals surface area contributed by atoms with E-state index in [1.54, 1.807) is 31.2 Å². The molecule has 0 bridgehead atoms. The molecule has 2 aromatic rings. The van der Waals surface area contributed by atoms with Crippen LogP contribution >= 0.6 is 0 Å². The largest absolute Gasteiger partial charge is 0.325 e. The van der Waals surface area contributed by atoms with Crippen LogP contribution in [0.1, 0.15) is 30.9 Å². The molecule has 1 heterocycles. The Bertz CT molecular complexity index is 986. The van der Waals surface area contributed by atoms with Gasteiger partial charge >= 0.3 is 0 Å². The number of carbonyl (C=O) groups excluding carboxylic acids is 1. The molecule has 1 fully saturated rings. The van der Waals surface area contributed by atoms with E-state index in [9.17, 15) is 13.2 Å². The van der Waals surface area contributed by atoms with E-state index in [2.05, 4.69) is 11.2 Å². The minimum atomic E-state index is -3.27. The molecule has 1 N–H and O–H groups in total. The number of sulfonamides is 1. The highest BCUT2D eigenvalue weighted by molar-refractivity contribution is 7.89.